The summed E-state index contributed by atoms with van der Waals surface area (Å²) < 4.78 is 13.5. The standard InChI is InChI=1S/C26H24N6O2/c1-32-17-20(16-29-32)18-5-7-21(8-6-18)30-26-28-12-9-24(31-26)23-4-2-3-19(15-27)25(23)34-22-10-13-33-14-11-22/h2-9,12,16-17,22H,10-11,13-14H2,1H3,(H,28,30,31). The van der Waals surface area contributed by atoms with Gasteiger partial charge in [-0.15, -0.1) is 0 Å². The van der Waals surface area contributed by atoms with E-state index in [0.29, 0.717) is 36.2 Å². The Kier molecular flexibility index (Phi) is 6.19. The Bertz CT molecular complexity index is 1320. The van der Waals surface area contributed by atoms with E-state index in [4.69, 9.17) is 14.5 Å². The number of benzene rings is 2. The average Bonchev–Trinajstić information content (AvgIpc) is 3.31. The lowest BCUT2D eigenvalue weighted by atomic mass is 10.1. The van der Waals surface area contributed by atoms with Gasteiger partial charge in [0.2, 0.25) is 5.95 Å². The van der Waals surface area contributed by atoms with Crippen LogP contribution >= 0.6 is 0 Å². The first kappa shape index (κ1) is 21.6. The Balaban J connectivity index is 1.39. The van der Waals surface area contributed by atoms with Crippen molar-refractivity contribution in [2.24, 2.45) is 7.05 Å². The zero-order valence-electron chi connectivity index (χ0n) is 18.8. The maximum atomic E-state index is 9.67. The zero-order valence-corrected chi connectivity index (χ0v) is 18.8. The quantitative estimate of drug-likeness (QED) is 0.452. The first-order valence-corrected chi connectivity index (χ1v) is 11.2. The van der Waals surface area contributed by atoms with E-state index >= 15 is 0 Å². The molecule has 0 amide bonds. The third kappa shape index (κ3) is 4.75. The highest BCUT2D eigenvalue weighted by Gasteiger charge is 2.20. The molecule has 2 aromatic heterocycles. The molecule has 0 aliphatic carbocycles. The highest BCUT2D eigenvalue weighted by atomic mass is 16.5. The maximum Gasteiger partial charge on any atom is 0.227 e. The summed E-state index contributed by atoms with van der Waals surface area (Å²) in [4.78, 5) is 9.08. The molecule has 1 N–H and O–H groups in total. The summed E-state index contributed by atoms with van der Waals surface area (Å²) in [6.07, 6.45) is 7.12. The van der Waals surface area contributed by atoms with Crippen LogP contribution in [0.4, 0.5) is 11.6 Å². The lowest BCUT2D eigenvalue weighted by Crippen LogP contribution is -2.26. The van der Waals surface area contributed by atoms with E-state index in [-0.39, 0.29) is 6.10 Å². The van der Waals surface area contributed by atoms with Crippen molar-refractivity contribution in [3.63, 3.8) is 0 Å². The second-order valence-electron chi connectivity index (χ2n) is 8.09. The van der Waals surface area contributed by atoms with Gasteiger partial charge in [0, 0.05) is 49.1 Å². The van der Waals surface area contributed by atoms with E-state index in [0.717, 1.165) is 35.2 Å². The monoisotopic (exact) mass is 452 g/mol. The highest BCUT2D eigenvalue weighted by molar-refractivity contribution is 5.72. The van der Waals surface area contributed by atoms with Gasteiger partial charge in [-0.1, -0.05) is 18.2 Å². The SMILES string of the molecule is Cn1cc(-c2ccc(Nc3nccc(-c4cccc(C#N)c4OC4CCOCC4)n3)cc2)cn1. The predicted molar refractivity (Wildman–Crippen MR) is 129 cm³/mol. The van der Waals surface area contributed by atoms with Crippen LogP contribution < -0.4 is 10.1 Å². The van der Waals surface area contributed by atoms with Crippen LogP contribution in [0.5, 0.6) is 5.75 Å². The Hall–Kier alpha value is -4.22. The lowest BCUT2D eigenvalue weighted by molar-refractivity contribution is 0.0257. The van der Waals surface area contributed by atoms with Crippen molar-refractivity contribution < 1.29 is 9.47 Å². The zero-order chi connectivity index (χ0) is 23.3. The lowest BCUT2D eigenvalue weighted by Gasteiger charge is -2.25. The van der Waals surface area contributed by atoms with Gasteiger partial charge in [0.15, 0.2) is 0 Å². The van der Waals surface area contributed by atoms with E-state index in [1.54, 1.807) is 16.9 Å². The first-order chi connectivity index (χ1) is 16.7. The number of anilines is 2. The number of para-hydroxylation sites is 1. The molecule has 3 heterocycles. The van der Waals surface area contributed by atoms with Crippen LogP contribution in [-0.2, 0) is 11.8 Å². The summed E-state index contributed by atoms with van der Waals surface area (Å²) in [6, 6.07) is 17.6. The minimum absolute atomic E-state index is 0.0137. The fraction of sp³-hybridized carbons (Fsp3) is 0.231. The second kappa shape index (κ2) is 9.73. The van der Waals surface area contributed by atoms with E-state index in [9.17, 15) is 5.26 Å². The molecule has 8 heteroatoms. The van der Waals surface area contributed by atoms with Crippen LogP contribution in [0.15, 0.2) is 67.1 Å². The van der Waals surface area contributed by atoms with Crippen LogP contribution in [0.1, 0.15) is 18.4 Å². The molecule has 0 saturated carbocycles. The number of nitrogens with zero attached hydrogens (tertiary/aromatic N) is 5. The minimum Gasteiger partial charge on any atom is -0.488 e. The van der Waals surface area contributed by atoms with Gasteiger partial charge in [-0.05, 0) is 35.9 Å². The van der Waals surface area contributed by atoms with Gasteiger partial charge in [-0.2, -0.15) is 10.4 Å². The summed E-state index contributed by atoms with van der Waals surface area (Å²) in [7, 11) is 1.90. The molecule has 4 aromatic rings. The number of ether oxygens (including phenoxy) is 2. The summed E-state index contributed by atoms with van der Waals surface area (Å²) in [6.45, 7) is 1.33. The largest absolute Gasteiger partial charge is 0.488 e. The maximum absolute atomic E-state index is 9.67. The molecule has 0 spiro atoms. The van der Waals surface area contributed by atoms with Gasteiger partial charge in [-0.25, -0.2) is 9.97 Å². The normalized spacial score (nSPS) is 13.9. The molecule has 1 aliphatic heterocycles. The molecule has 0 radical (unpaired) electrons. The molecule has 1 fully saturated rings. The predicted octanol–water partition coefficient (Wildman–Crippen LogP) is 4.72. The first-order valence-electron chi connectivity index (χ1n) is 11.2. The minimum atomic E-state index is 0.0137. The van der Waals surface area contributed by atoms with Crippen molar-refractivity contribution >= 4 is 11.6 Å². The molecule has 1 aliphatic rings. The Morgan fingerprint density at radius 3 is 2.65 bits per heavy atom. The van der Waals surface area contributed by atoms with E-state index in [1.165, 1.54) is 0 Å². The van der Waals surface area contributed by atoms with Crippen LogP contribution in [0.2, 0.25) is 0 Å². The third-order valence-electron chi connectivity index (χ3n) is 5.70. The molecule has 0 unspecified atom stereocenters. The number of hydrogen-bond donors (Lipinski definition) is 1. The fourth-order valence-electron chi connectivity index (χ4n) is 3.93. The Morgan fingerprint density at radius 1 is 1.09 bits per heavy atom. The second-order valence-corrected chi connectivity index (χ2v) is 8.09. The summed E-state index contributed by atoms with van der Waals surface area (Å²) >= 11 is 0. The molecule has 8 nitrogen and oxygen atoms in total. The summed E-state index contributed by atoms with van der Waals surface area (Å²) in [5.41, 5.74) is 4.95. The van der Waals surface area contributed by atoms with Crippen molar-refractivity contribution in [2.45, 2.75) is 18.9 Å². The fourth-order valence-corrected chi connectivity index (χ4v) is 3.93. The average molecular weight is 453 g/mol. The summed E-state index contributed by atoms with van der Waals surface area (Å²) in [5, 5.41) is 17.2. The topological polar surface area (TPSA) is 97.9 Å². The molecule has 170 valence electrons. The van der Waals surface area contributed by atoms with Crippen molar-refractivity contribution in [1.29, 1.82) is 5.26 Å². The van der Waals surface area contributed by atoms with Crippen LogP contribution in [0, 0.1) is 11.3 Å². The molecule has 2 aromatic carbocycles. The number of aromatic nitrogens is 4. The van der Waals surface area contributed by atoms with Gasteiger partial charge >= 0.3 is 0 Å². The van der Waals surface area contributed by atoms with Gasteiger partial charge in [0.1, 0.15) is 17.9 Å². The number of nitrogens with one attached hydrogen (secondary N) is 1. The molecule has 1 saturated heterocycles. The molecule has 34 heavy (non-hydrogen) atoms. The third-order valence-corrected chi connectivity index (χ3v) is 5.70. The number of aryl methyl sites for hydroxylation is 1. The van der Waals surface area contributed by atoms with Crippen molar-refractivity contribution in [3.05, 3.63) is 72.7 Å². The van der Waals surface area contributed by atoms with Crippen molar-refractivity contribution in [1.82, 2.24) is 19.7 Å². The van der Waals surface area contributed by atoms with Gasteiger partial charge in [0.25, 0.3) is 0 Å². The molecule has 5 rings (SSSR count). The summed E-state index contributed by atoms with van der Waals surface area (Å²) in [5.74, 6) is 1.02. The van der Waals surface area contributed by atoms with Gasteiger partial charge in [0.05, 0.1) is 30.7 Å². The van der Waals surface area contributed by atoms with Gasteiger partial charge < -0.3 is 14.8 Å². The van der Waals surface area contributed by atoms with Crippen molar-refractivity contribution in [2.75, 3.05) is 18.5 Å². The van der Waals surface area contributed by atoms with Crippen LogP contribution in [0.25, 0.3) is 22.4 Å². The number of nitriles is 1. The van der Waals surface area contributed by atoms with E-state index < -0.39 is 0 Å². The number of rotatable bonds is 6. The molecular weight excluding hydrogens is 428 g/mol. The Morgan fingerprint density at radius 2 is 1.91 bits per heavy atom. The van der Waals surface area contributed by atoms with Crippen molar-refractivity contribution in [3.8, 4) is 34.2 Å². The number of hydrogen-bond acceptors (Lipinski definition) is 7. The molecule has 0 atom stereocenters. The Labute approximate surface area is 197 Å². The van der Waals surface area contributed by atoms with Gasteiger partial charge in [-0.3, -0.25) is 4.68 Å². The van der Waals surface area contributed by atoms with Crippen LogP contribution in [0.3, 0.4) is 0 Å². The van der Waals surface area contributed by atoms with Crippen LogP contribution in [-0.4, -0.2) is 39.1 Å². The highest BCUT2D eigenvalue weighted by Crippen LogP contribution is 2.34. The van der Waals surface area contributed by atoms with E-state index in [2.05, 4.69) is 21.5 Å². The molecular formula is C26H24N6O2. The smallest absolute Gasteiger partial charge is 0.227 e. The van der Waals surface area contributed by atoms with E-state index in [1.807, 2.05) is 61.9 Å². The molecule has 0 bridgehead atoms.